The zero-order valence-electron chi connectivity index (χ0n) is 17.1. The van der Waals surface area contributed by atoms with Gasteiger partial charge in [-0.3, -0.25) is 9.59 Å². The van der Waals surface area contributed by atoms with Crippen LogP contribution >= 0.6 is 11.8 Å². The van der Waals surface area contributed by atoms with Gasteiger partial charge in [-0.2, -0.15) is 0 Å². The molecule has 3 aromatic rings. The fraction of sp³-hybridized carbons (Fsp3) is 0.286. The first-order chi connectivity index (χ1) is 15.1. The maximum Gasteiger partial charge on any atom is 0.255 e. The van der Waals surface area contributed by atoms with Crippen LogP contribution in [0.3, 0.4) is 0 Å². The molecule has 0 atom stereocenters. The van der Waals surface area contributed by atoms with Crippen LogP contribution in [0, 0.1) is 0 Å². The number of benzene rings is 2. The van der Waals surface area contributed by atoms with Crippen LogP contribution < -0.4 is 15.5 Å². The van der Waals surface area contributed by atoms with Gasteiger partial charge < -0.3 is 15.5 Å². The molecular formula is C21H23N7O2S. The first-order valence-electron chi connectivity index (χ1n) is 10.0. The summed E-state index contributed by atoms with van der Waals surface area (Å²) in [5.41, 5.74) is 3.00. The van der Waals surface area contributed by atoms with E-state index in [-0.39, 0.29) is 17.6 Å². The Labute approximate surface area is 184 Å². The van der Waals surface area contributed by atoms with Crippen molar-refractivity contribution in [2.45, 2.75) is 18.0 Å². The number of rotatable bonds is 7. The minimum atomic E-state index is -0.185. The summed E-state index contributed by atoms with van der Waals surface area (Å²) in [5.74, 6) is -0.177. The highest BCUT2D eigenvalue weighted by molar-refractivity contribution is 7.99. The van der Waals surface area contributed by atoms with Crippen LogP contribution in [0.5, 0.6) is 0 Å². The van der Waals surface area contributed by atoms with Gasteiger partial charge in [-0.1, -0.05) is 23.9 Å². The van der Waals surface area contributed by atoms with Gasteiger partial charge in [0.05, 0.1) is 17.1 Å². The van der Waals surface area contributed by atoms with Crippen LogP contribution in [-0.2, 0) is 11.8 Å². The molecule has 1 fully saturated rings. The maximum atomic E-state index is 12.7. The summed E-state index contributed by atoms with van der Waals surface area (Å²) >= 11 is 1.25. The van der Waals surface area contributed by atoms with Crippen molar-refractivity contribution in [3.63, 3.8) is 0 Å². The smallest absolute Gasteiger partial charge is 0.255 e. The Hall–Kier alpha value is -3.40. The van der Waals surface area contributed by atoms with Crippen LogP contribution in [0.25, 0.3) is 0 Å². The minimum absolute atomic E-state index is 0.176. The van der Waals surface area contributed by atoms with Gasteiger partial charge >= 0.3 is 0 Å². The molecule has 1 aliphatic heterocycles. The highest BCUT2D eigenvalue weighted by Gasteiger charge is 2.17. The molecule has 9 nitrogen and oxygen atoms in total. The van der Waals surface area contributed by atoms with Crippen molar-refractivity contribution in [1.82, 2.24) is 20.2 Å². The third kappa shape index (κ3) is 5.21. The second-order valence-corrected chi connectivity index (χ2v) is 8.11. The number of para-hydroxylation sites is 2. The number of carbonyl (C=O) groups excluding carboxylic acids is 2. The monoisotopic (exact) mass is 437 g/mol. The molecule has 2 N–H and O–H groups in total. The number of aromatic nitrogens is 4. The molecule has 1 aromatic heterocycles. The predicted molar refractivity (Wildman–Crippen MR) is 120 cm³/mol. The standard InChI is InChI=1S/C21H23N7O2S/c1-27-21(24-25-26-27)31-14-19(29)22-16-10-8-15(9-11-16)20(30)23-17-6-2-3-7-18(17)28-12-4-5-13-28/h2-3,6-11H,4-5,12-14H2,1H3,(H,22,29)(H,23,30). The van der Waals surface area contributed by atoms with Gasteiger partial charge in [0.25, 0.3) is 5.91 Å². The van der Waals surface area contributed by atoms with Crippen LogP contribution in [0.1, 0.15) is 23.2 Å². The zero-order chi connectivity index (χ0) is 21.6. The summed E-state index contributed by atoms with van der Waals surface area (Å²) in [4.78, 5) is 27.2. The summed E-state index contributed by atoms with van der Waals surface area (Å²) < 4.78 is 1.51. The zero-order valence-corrected chi connectivity index (χ0v) is 17.9. The third-order valence-electron chi connectivity index (χ3n) is 4.94. The van der Waals surface area contributed by atoms with E-state index in [1.165, 1.54) is 29.3 Å². The van der Waals surface area contributed by atoms with E-state index in [9.17, 15) is 9.59 Å². The molecule has 160 valence electrons. The molecule has 0 radical (unpaired) electrons. The average Bonchev–Trinajstić information content (AvgIpc) is 3.45. The highest BCUT2D eigenvalue weighted by atomic mass is 32.2. The average molecular weight is 438 g/mol. The molecule has 2 heterocycles. The molecule has 1 aliphatic rings. The van der Waals surface area contributed by atoms with Crippen molar-refractivity contribution in [2.24, 2.45) is 7.05 Å². The molecular weight excluding hydrogens is 414 g/mol. The second kappa shape index (κ2) is 9.61. The SMILES string of the molecule is Cn1nnnc1SCC(=O)Nc1ccc(C(=O)Nc2ccccc2N2CCCC2)cc1. The Morgan fingerprint density at radius 1 is 1.03 bits per heavy atom. The summed E-state index contributed by atoms with van der Waals surface area (Å²) in [6.45, 7) is 2.01. The van der Waals surface area contributed by atoms with Gasteiger partial charge in [-0.05, 0) is 59.7 Å². The van der Waals surface area contributed by atoms with Crippen LogP contribution in [0.15, 0.2) is 53.7 Å². The second-order valence-electron chi connectivity index (χ2n) is 7.16. The Bertz CT molecular complexity index is 1060. The van der Waals surface area contributed by atoms with Crippen molar-refractivity contribution >= 4 is 40.6 Å². The van der Waals surface area contributed by atoms with Gasteiger partial charge in [0.15, 0.2) is 0 Å². The topological polar surface area (TPSA) is 105 Å². The molecule has 0 aliphatic carbocycles. The van der Waals surface area contributed by atoms with Gasteiger partial charge in [-0.25, -0.2) is 4.68 Å². The fourth-order valence-corrected chi connectivity index (χ4v) is 4.03. The van der Waals surface area contributed by atoms with E-state index in [1.54, 1.807) is 31.3 Å². The largest absolute Gasteiger partial charge is 0.370 e. The summed E-state index contributed by atoms with van der Waals surface area (Å²) in [7, 11) is 1.72. The lowest BCUT2D eigenvalue weighted by atomic mass is 10.1. The number of carbonyl (C=O) groups is 2. The molecule has 4 rings (SSSR count). The van der Waals surface area contributed by atoms with E-state index < -0.39 is 0 Å². The van der Waals surface area contributed by atoms with Crippen LogP contribution in [0.2, 0.25) is 0 Å². The molecule has 2 aromatic carbocycles. The lowest BCUT2D eigenvalue weighted by molar-refractivity contribution is -0.113. The van der Waals surface area contributed by atoms with Crippen molar-refractivity contribution in [1.29, 1.82) is 0 Å². The van der Waals surface area contributed by atoms with Gasteiger partial charge in [-0.15, -0.1) is 5.10 Å². The predicted octanol–water partition coefficient (Wildman–Crippen LogP) is 2.79. The quantitative estimate of drug-likeness (QED) is 0.548. The van der Waals surface area contributed by atoms with E-state index in [1.807, 2.05) is 24.3 Å². The van der Waals surface area contributed by atoms with Gasteiger partial charge in [0.1, 0.15) is 0 Å². The lowest BCUT2D eigenvalue weighted by Gasteiger charge is -2.21. The van der Waals surface area contributed by atoms with Crippen molar-refractivity contribution in [3.05, 3.63) is 54.1 Å². The molecule has 0 spiro atoms. The maximum absolute atomic E-state index is 12.7. The number of aryl methyl sites for hydroxylation is 1. The number of hydrogen-bond acceptors (Lipinski definition) is 7. The van der Waals surface area contributed by atoms with Crippen LogP contribution in [-0.4, -0.2) is 50.9 Å². The van der Waals surface area contributed by atoms with E-state index >= 15 is 0 Å². The third-order valence-corrected chi connectivity index (χ3v) is 5.95. The fourth-order valence-electron chi connectivity index (χ4n) is 3.38. The molecule has 0 bridgehead atoms. The molecule has 31 heavy (non-hydrogen) atoms. The van der Waals surface area contributed by atoms with Gasteiger partial charge in [0, 0.05) is 31.4 Å². The minimum Gasteiger partial charge on any atom is -0.370 e. The first-order valence-corrected chi connectivity index (χ1v) is 11.0. The number of anilines is 3. The molecule has 0 saturated carbocycles. The summed E-state index contributed by atoms with van der Waals surface area (Å²) in [6, 6.07) is 14.7. The molecule has 0 unspecified atom stereocenters. The van der Waals surface area contributed by atoms with Crippen molar-refractivity contribution in [2.75, 3.05) is 34.4 Å². The number of thioether (sulfide) groups is 1. The van der Waals surface area contributed by atoms with E-state index in [2.05, 4.69) is 31.1 Å². The Morgan fingerprint density at radius 2 is 1.77 bits per heavy atom. The summed E-state index contributed by atoms with van der Waals surface area (Å²) in [5, 5.41) is 17.5. The highest BCUT2D eigenvalue weighted by Crippen LogP contribution is 2.29. The number of nitrogens with one attached hydrogen (secondary N) is 2. The van der Waals surface area contributed by atoms with Crippen molar-refractivity contribution in [3.8, 4) is 0 Å². The van der Waals surface area contributed by atoms with Crippen molar-refractivity contribution < 1.29 is 9.59 Å². The summed E-state index contributed by atoms with van der Waals surface area (Å²) in [6.07, 6.45) is 2.34. The molecule has 10 heteroatoms. The van der Waals surface area contributed by atoms with E-state index in [0.29, 0.717) is 16.4 Å². The number of tetrazole rings is 1. The van der Waals surface area contributed by atoms with Gasteiger partial charge in [0.2, 0.25) is 11.1 Å². The van der Waals surface area contributed by atoms with Crippen LogP contribution in [0.4, 0.5) is 17.1 Å². The number of nitrogens with zero attached hydrogens (tertiary/aromatic N) is 5. The number of hydrogen-bond donors (Lipinski definition) is 2. The van der Waals surface area contributed by atoms with E-state index in [0.717, 1.165) is 24.5 Å². The Kier molecular flexibility index (Phi) is 6.46. The number of amides is 2. The first kappa shape index (κ1) is 20.9. The van der Waals surface area contributed by atoms with E-state index in [4.69, 9.17) is 0 Å². The Balaban J connectivity index is 1.34. The molecule has 2 amide bonds. The lowest BCUT2D eigenvalue weighted by Crippen LogP contribution is -2.21. The molecule has 1 saturated heterocycles. The normalized spacial score (nSPS) is 13.3. The Morgan fingerprint density at radius 3 is 2.48 bits per heavy atom.